The average molecular weight is 290 g/mol. The summed E-state index contributed by atoms with van der Waals surface area (Å²) in [6, 6.07) is 5.99. The molecule has 1 N–H and O–H groups in total. The minimum Gasteiger partial charge on any atom is -0.493 e. The maximum Gasteiger partial charge on any atom is 0.328 e. The Morgan fingerprint density at radius 2 is 2.00 bits per heavy atom. The third kappa shape index (κ3) is 5.25. The van der Waals surface area contributed by atoms with Crippen LogP contribution in [0.1, 0.15) is 64.0 Å². The summed E-state index contributed by atoms with van der Waals surface area (Å²) in [7, 11) is 0. The summed E-state index contributed by atoms with van der Waals surface area (Å²) in [5.74, 6) is 0.349. The molecule has 0 spiro atoms. The van der Waals surface area contributed by atoms with Crippen LogP contribution in [0.5, 0.6) is 5.75 Å². The maximum atomic E-state index is 11.0. The Morgan fingerprint density at radius 3 is 2.52 bits per heavy atom. The molecule has 0 heterocycles. The number of benzene rings is 1. The highest BCUT2D eigenvalue weighted by molar-refractivity contribution is 5.90. The lowest BCUT2D eigenvalue weighted by molar-refractivity contribution is -0.131. The van der Waals surface area contributed by atoms with Gasteiger partial charge in [0.25, 0.3) is 0 Å². The van der Waals surface area contributed by atoms with Crippen LogP contribution in [0.4, 0.5) is 0 Å². The van der Waals surface area contributed by atoms with E-state index in [2.05, 4.69) is 33.8 Å². The van der Waals surface area contributed by atoms with Gasteiger partial charge in [0.1, 0.15) is 5.75 Å². The molecule has 0 aliphatic carbocycles. The molecule has 1 aromatic carbocycles. The molecular weight excluding hydrogens is 264 g/mol. The van der Waals surface area contributed by atoms with Gasteiger partial charge in [-0.2, -0.15) is 0 Å². The molecule has 0 atom stereocenters. The highest BCUT2D eigenvalue weighted by Gasteiger charge is 2.11. The van der Waals surface area contributed by atoms with Crippen molar-refractivity contribution in [3.63, 3.8) is 0 Å². The summed E-state index contributed by atoms with van der Waals surface area (Å²) in [6.45, 7) is 9.08. The van der Waals surface area contributed by atoms with Crippen molar-refractivity contribution in [2.45, 2.75) is 52.9 Å². The molecule has 0 bridgehead atoms. The Morgan fingerprint density at radius 1 is 1.29 bits per heavy atom. The van der Waals surface area contributed by atoms with Crippen LogP contribution in [-0.2, 0) is 4.79 Å². The van der Waals surface area contributed by atoms with Gasteiger partial charge in [-0.25, -0.2) is 4.79 Å². The van der Waals surface area contributed by atoms with Crippen LogP contribution < -0.4 is 4.74 Å². The Hall–Kier alpha value is -1.77. The molecule has 21 heavy (non-hydrogen) atoms. The summed E-state index contributed by atoms with van der Waals surface area (Å²) >= 11 is 0. The van der Waals surface area contributed by atoms with Crippen LogP contribution in [0.15, 0.2) is 24.3 Å². The summed E-state index contributed by atoms with van der Waals surface area (Å²) < 4.78 is 5.79. The van der Waals surface area contributed by atoms with Crippen LogP contribution in [0.2, 0.25) is 0 Å². The Balaban J connectivity index is 3.19. The van der Waals surface area contributed by atoms with Crippen molar-refractivity contribution in [1.29, 1.82) is 0 Å². The predicted octanol–water partition coefficient (Wildman–Crippen LogP) is 4.87. The van der Waals surface area contributed by atoms with Gasteiger partial charge < -0.3 is 9.84 Å². The monoisotopic (exact) mass is 290 g/mol. The molecule has 0 saturated carbocycles. The second-order valence-electron chi connectivity index (χ2n) is 5.51. The van der Waals surface area contributed by atoms with E-state index in [1.165, 1.54) is 6.08 Å². The van der Waals surface area contributed by atoms with E-state index in [9.17, 15) is 4.79 Å². The molecule has 1 aromatic rings. The third-order valence-electron chi connectivity index (χ3n) is 3.28. The number of carbonyl (C=O) groups is 1. The number of carboxylic acids is 1. The molecule has 116 valence electrons. The van der Waals surface area contributed by atoms with Crippen LogP contribution in [-0.4, -0.2) is 17.7 Å². The standard InChI is InChI=1S/C18H26O3/c1-5-7-14(12-18(19)20)15-8-9-17(21-10-6-2)16(11-15)13(3)4/h8-9,11-13H,5-7,10H2,1-4H3,(H,19,20)/b14-12+. The number of hydrogen-bond acceptors (Lipinski definition) is 2. The molecule has 0 aliphatic rings. The van der Waals surface area contributed by atoms with Gasteiger partial charge in [-0.3, -0.25) is 0 Å². The van der Waals surface area contributed by atoms with Gasteiger partial charge in [-0.1, -0.05) is 40.2 Å². The molecular formula is C18H26O3. The lowest BCUT2D eigenvalue weighted by Crippen LogP contribution is -2.02. The minimum atomic E-state index is -0.893. The van der Waals surface area contributed by atoms with Crippen molar-refractivity contribution < 1.29 is 14.6 Å². The van der Waals surface area contributed by atoms with Gasteiger partial charge >= 0.3 is 5.97 Å². The van der Waals surface area contributed by atoms with Crippen molar-refractivity contribution >= 4 is 11.5 Å². The zero-order valence-corrected chi connectivity index (χ0v) is 13.5. The Kier molecular flexibility index (Phi) is 7.00. The first kappa shape index (κ1) is 17.3. The maximum absolute atomic E-state index is 11.0. The van der Waals surface area contributed by atoms with Crippen molar-refractivity contribution in [2.75, 3.05) is 6.61 Å². The van der Waals surface area contributed by atoms with Crippen molar-refractivity contribution in [2.24, 2.45) is 0 Å². The average Bonchev–Trinajstić information content (AvgIpc) is 2.44. The number of hydrogen-bond donors (Lipinski definition) is 1. The second-order valence-corrected chi connectivity index (χ2v) is 5.51. The van der Waals surface area contributed by atoms with E-state index >= 15 is 0 Å². The van der Waals surface area contributed by atoms with E-state index < -0.39 is 5.97 Å². The largest absolute Gasteiger partial charge is 0.493 e. The molecule has 3 heteroatoms. The van der Waals surface area contributed by atoms with Crippen LogP contribution in [0, 0.1) is 0 Å². The smallest absolute Gasteiger partial charge is 0.328 e. The highest BCUT2D eigenvalue weighted by atomic mass is 16.5. The summed E-state index contributed by atoms with van der Waals surface area (Å²) in [5.41, 5.74) is 2.98. The summed E-state index contributed by atoms with van der Waals surface area (Å²) in [6.07, 6.45) is 3.97. The topological polar surface area (TPSA) is 46.5 Å². The molecule has 3 nitrogen and oxygen atoms in total. The molecule has 0 aromatic heterocycles. The lowest BCUT2D eigenvalue weighted by atomic mass is 9.94. The van der Waals surface area contributed by atoms with E-state index in [0.717, 1.165) is 41.7 Å². The fourth-order valence-corrected chi connectivity index (χ4v) is 2.26. The zero-order chi connectivity index (χ0) is 15.8. The number of ether oxygens (including phenoxy) is 1. The van der Waals surface area contributed by atoms with Crippen molar-refractivity contribution in [3.8, 4) is 5.75 Å². The Labute approximate surface area is 127 Å². The molecule has 0 aliphatic heterocycles. The second kappa shape index (κ2) is 8.50. The van der Waals surface area contributed by atoms with Gasteiger partial charge in [-0.05, 0) is 47.6 Å². The normalized spacial score (nSPS) is 11.8. The van der Waals surface area contributed by atoms with Crippen LogP contribution in [0.3, 0.4) is 0 Å². The first-order valence-corrected chi connectivity index (χ1v) is 7.70. The fraction of sp³-hybridized carbons (Fsp3) is 0.500. The molecule has 0 saturated heterocycles. The summed E-state index contributed by atoms with van der Waals surface area (Å²) in [4.78, 5) is 11.0. The molecule has 1 rings (SSSR count). The van der Waals surface area contributed by atoms with Gasteiger partial charge in [0.05, 0.1) is 6.61 Å². The Bertz CT molecular complexity index is 501. The molecule has 0 radical (unpaired) electrons. The summed E-state index contributed by atoms with van der Waals surface area (Å²) in [5, 5.41) is 9.02. The highest BCUT2D eigenvalue weighted by Crippen LogP contribution is 2.31. The first-order chi connectivity index (χ1) is 9.99. The molecule has 0 fully saturated rings. The van der Waals surface area contributed by atoms with Crippen molar-refractivity contribution in [3.05, 3.63) is 35.4 Å². The molecule has 0 amide bonds. The minimum absolute atomic E-state index is 0.338. The third-order valence-corrected chi connectivity index (χ3v) is 3.28. The van der Waals surface area contributed by atoms with Gasteiger partial charge in [-0.15, -0.1) is 0 Å². The van der Waals surface area contributed by atoms with Crippen LogP contribution >= 0.6 is 0 Å². The van der Waals surface area contributed by atoms with Crippen molar-refractivity contribution in [1.82, 2.24) is 0 Å². The van der Waals surface area contributed by atoms with E-state index in [-0.39, 0.29) is 0 Å². The van der Waals surface area contributed by atoms with E-state index in [1.54, 1.807) is 0 Å². The SMILES string of the molecule is CCCOc1ccc(/C(=C/C(=O)O)CCC)cc1C(C)C. The molecule has 0 unspecified atom stereocenters. The lowest BCUT2D eigenvalue weighted by Gasteiger charge is -2.16. The van der Waals surface area contributed by atoms with Crippen LogP contribution in [0.25, 0.3) is 5.57 Å². The zero-order valence-electron chi connectivity index (χ0n) is 13.5. The van der Waals surface area contributed by atoms with Gasteiger partial charge in [0.15, 0.2) is 0 Å². The quantitative estimate of drug-likeness (QED) is 0.695. The van der Waals surface area contributed by atoms with Gasteiger partial charge in [0.2, 0.25) is 0 Å². The number of allylic oxidation sites excluding steroid dienone is 1. The first-order valence-electron chi connectivity index (χ1n) is 7.70. The fourth-order valence-electron chi connectivity index (χ4n) is 2.26. The number of rotatable bonds is 8. The van der Waals surface area contributed by atoms with E-state index in [1.807, 2.05) is 12.1 Å². The number of carboxylic acid groups (broad SMARTS) is 1. The predicted molar refractivity (Wildman–Crippen MR) is 86.8 cm³/mol. The number of aliphatic carboxylic acids is 1. The van der Waals surface area contributed by atoms with E-state index in [0.29, 0.717) is 12.5 Å². The van der Waals surface area contributed by atoms with E-state index in [4.69, 9.17) is 9.84 Å². The van der Waals surface area contributed by atoms with Gasteiger partial charge in [0, 0.05) is 6.08 Å².